The Bertz CT molecular complexity index is 315. The summed E-state index contributed by atoms with van der Waals surface area (Å²) < 4.78 is 10.2. The van der Waals surface area contributed by atoms with E-state index in [0.29, 0.717) is 31.4 Å². The smallest absolute Gasteiger partial charge is 0.333 e. The molecule has 0 saturated heterocycles. The highest BCUT2D eigenvalue weighted by Gasteiger charge is 2.10. The van der Waals surface area contributed by atoms with E-state index in [1.807, 2.05) is 6.92 Å². The summed E-state index contributed by atoms with van der Waals surface area (Å²) >= 11 is 3.35. The second-order valence-corrected chi connectivity index (χ2v) is 5.65. The van der Waals surface area contributed by atoms with Gasteiger partial charge in [0.15, 0.2) is 0 Å². The molecule has 0 aromatic carbocycles. The lowest BCUT2D eigenvalue weighted by atomic mass is 10.2. The number of halogens is 1. The summed E-state index contributed by atoms with van der Waals surface area (Å²) in [7, 11) is 0. The number of carbonyl (C=O) groups excluding carboxylic acids is 2. The van der Waals surface area contributed by atoms with Crippen molar-refractivity contribution in [1.82, 2.24) is 0 Å². The van der Waals surface area contributed by atoms with Crippen LogP contribution in [-0.4, -0.2) is 30.0 Å². The highest BCUT2D eigenvalue weighted by Crippen LogP contribution is 2.07. The first-order chi connectivity index (χ1) is 9.47. The number of ether oxygens (including phenoxy) is 2. The van der Waals surface area contributed by atoms with Gasteiger partial charge in [-0.25, -0.2) is 4.79 Å². The Morgan fingerprint density at radius 1 is 1.20 bits per heavy atom. The average Bonchev–Trinajstić information content (AvgIpc) is 2.39. The number of hydrogen-bond acceptors (Lipinski definition) is 4. The molecule has 0 amide bonds. The van der Waals surface area contributed by atoms with Crippen LogP contribution in [0, 0.1) is 0 Å². The number of rotatable bonds is 11. The number of carbonyl (C=O) groups is 2. The molecule has 0 spiro atoms. The molecule has 0 N–H and O–H groups in total. The fraction of sp³-hybridized carbons (Fsp3) is 0.733. The van der Waals surface area contributed by atoms with Gasteiger partial charge in [-0.3, -0.25) is 4.79 Å². The van der Waals surface area contributed by atoms with Crippen LogP contribution in [0.1, 0.15) is 52.4 Å². The fourth-order valence-electron chi connectivity index (χ4n) is 1.51. The first kappa shape index (κ1) is 19.2. The van der Waals surface area contributed by atoms with Crippen molar-refractivity contribution in [2.75, 3.05) is 11.9 Å². The largest absolute Gasteiger partial charge is 0.466 e. The minimum atomic E-state index is -0.374. The fourth-order valence-corrected chi connectivity index (χ4v) is 1.91. The molecule has 0 bridgehead atoms. The van der Waals surface area contributed by atoms with Crippen molar-refractivity contribution in [1.29, 1.82) is 0 Å². The maximum atomic E-state index is 11.4. The van der Waals surface area contributed by atoms with E-state index in [1.54, 1.807) is 6.92 Å². The Kier molecular flexibility index (Phi) is 11.4. The minimum absolute atomic E-state index is 0.147. The Morgan fingerprint density at radius 2 is 1.90 bits per heavy atom. The maximum Gasteiger partial charge on any atom is 0.333 e. The van der Waals surface area contributed by atoms with E-state index in [4.69, 9.17) is 9.47 Å². The van der Waals surface area contributed by atoms with Gasteiger partial charge in [-0.15, -0.1) is 0 Å². The second-order valence-electron chi connectivity index (χ2n) is 4.86. The zero-order valence-corrected chi connectivity index (χ0v) is 14.0. The highest BCUT2D eigenvalue weighted by molar-refractivity contribution is 9.09. The molecule has 0 heterocycles. The predicted octanol–water partition coefficient (Wildman–Crippen LogP) is 3.77. The quantitative estimate of drug-likeness (QED) is 0.247. The van der Waals surface area contributed by atoms with E-state index in [2.05, 4.69) is 22.5 Å². The van der Waals surface area contributed by atoms with E-state index >= 15 is 0 Å². The molecule has 0 aromatic heterocycles. The summed E-state index contributed by atoms with van der Waals surface area (Å²) in [6.45, 7) is 7.34. The number of esters is 2. The Labute approximate surface area is 130 Å². The molecule has 1 unspecified atom stereocenters. The summed E-state index contributed by atoms with van der Waals surface area (Å²) in [4.78, 5) is 22.6. The van der Waals surface area contributed by atoms with Gasteiger partial charge in [0.2, 0.25) is 0 Å². The third-order valence-electron chi connectivity index (χ3n) is 2.69. The topological polar surface area (TPSA) is 52.6 Å². The SMILES string of the molecule is C=C(C)C(=O)OC(C)CCCOC(=O)CCCCCBr. The van der Waals surface area contributed by atoms with E-state index in [1.165, 1.54) is 0 Å². The number of hydrogen-bond donors (Lipinski definition) is 0. The van der Waals surface area contributed by atoms with Crippen LogP contribution in [-0.2, 0) is 19.1 Å². The molecule has 116 valence electrons. The Morgan fingerprint density at radius 3 is 2.50 bits per heavy atom. The van der Waals surface area contributed by atoms with Crippen molar-refractivity contribution >= 4 is 27.9 Å². The lowest BCUT2D eigenvalue weighted by molar-refractivity contribution is -0.146. The van der Waals surface area contributed by atoms with Crippen LogP contribution in [0.15, 0.2) is 12.2 Å². The van der Waals surface area contributed by atoms with Gasteiger partial charge in [0.1, 0.15) is 0 Å². The Hall–Kier alpha value is -0.840. The van der Waals surface area contributed by atoms with Crippen molar-refractivity contribution in [3.05, 3.63) is 12.2 Å². The van der Waals surface area contributed by atoms with Gasteiger partial charge in [0.05, 0.1) is 12.7 Å². The lowest BCUT2D eigenvalue weighted by Gasteiger charge is -2.13. The number of unbranched alkanes of at least 4 members (excludes halogenated alkanes) is 2. The molecular formula is C15H25BrO4. The van der Waals surface area contributed by atoms with Crippen molar-refractivity contribution in [3.63, 3.8) is 0 Å². The second kappa shape index (κ2) is 11.9. The molecule has 20 heavy (non-hydrogen) atoms. The van der Waals surface area contributed by atoms with Crippen molar-refractivity contribution in [3.8, 4) is 0 Å². The van der Waals surface area contributed by atoms with Crippen LogP contribution in [0.4, 0.5) is 0 Å². The standard InChI is InChI=1S/C15H25BrO4/c1-12(2)15(18)20-13(3)8-7-11-19-14(17)9-5-4-6-10-16/h13H,1,4-11H2,2-3H3. The van der Waals surface area contributed by atoms with Gasteiger partial charge in [0, 0.05) is 17.3 Å². The molecule has 0 aliphatic carbocycles. The maximum absolute atomic E-state index is 11.4. The molecule has 0 saturated carbocycles. The normalized spacial score (nSPS) is 11.8. The van der Waals surface area contributed by atoms with E-state index in [9.17, 15) is 9.59 Å². The van der Waals surface area contributed by atoms with Crippen LogP contribution < -0.4 is 0 Å². The lowest BCUT2D eigenvalue weighted by Crippen LogP contribution is -2.16. The summed E-state index contributed by atoms with van der Waals surface area (Å²) in [6, 6.07) is 0. The van der Waals surface area contributed by atoms with E-state index < -0.39 is 0 Å². The zero-order chi connectivity index (χ0) is 15.4. The summed E-state index contributed by atoms with van der Waals surface area (Å²) in [5.74, 6) is -0.521. The highest BCUT2D eigenvalue weighted by atomic mass is 79.9. The molecule has 0 rings (SSSR count). The summed E-state index contributed by atoms with van der Waals surface area (Å²) in [6.07, 6.45) is 4.65. The molecule has 0 aliphatic heterocycles. The summed E-state index contributed by atoms with van der Waals surface area (Å²) in [5, 5.41) is 0.975. The first-order valence-electron chi connectivity index (χ1n) is 7.05. The third kappa shape index (κ3) is 11.0. The molecular weight excluding hydrogens is 324 g/mol. The average molecular weight is 349 g/mol. The van der Waals surface area contributed by atoms with Gasteiger partial charge >= 0.3 is 11.9 Å². The van der Waals surface area contributed by atoms with Crippen LogP contribution in [0.25, 0.3) is 0 Å². The van der Waals surface area contributed by atoms with Gasteiger partial charge in [-0.2, -0.15) is 0 Å². The van der Waals surface area contributed by atoms with Crippen LogP contribution in [0.3, 0.4) is 0 Å². The molecule has 0 radical (unpaired) electrons. The van der Waals surface area contributed by atoms with Gasteiger partial charge < -0.3 is 9.47 Å². The van der Waals surface area contributed by atoms with Crippen LogP contribution in [0.5, 0.6) is 0 Å². The van der Waals surface area contributed by atoms with E-state index in [-0.39, 0.29) is 18.0 Å². The summed E-state index contributed by atoms with van der Waals surface area (Å²) in [5.41, 5.74) is 0.395. The monoisotopic (exact) mass is 348 g/mol. The minimum Gasteiger partial charge on any atom is -0.466 e. The third-order valence-corrected chi connectivity index (χ3v) is 3.25. The van der Waals surface area contributed by atoms with Crippen molar-refractivity contribution in [2.24, 2.45) is 0 Å². The molecule has 4 nitrogen and oxygen atoms in total. The van der Waals surface area contributed by atoms with Crippen LogP contribution >= 0.6 is 15.9 Å². The Balaban J connectivity index is 3.53. The van der Waals surface area contributed by atoms with Gasteiger partial charge in [-0.05, 0) is 39.5 Å². The van der Waals surface area contributed by atoms with Crippen LogP contribution in [0.2, 0.25) is 0 Å². The van der Waals surface area contributed by atoms with Gasteiger partial charge in [-0.1, -0.05) is 28.9 Å². The van der Waals surface area contributed by atoms with Crippen molar-refractivity contribution < 1.29 is 19.1 Å². The molecule has 1 atom stereocenters. The first-order valence-corrected chi connectivity index (χ1v) is 8.17. The molecule has 0 fully saturated rings. The van der Waals surface area contributed by atoms with Crippen molar-refractivity contribution in [2.45, 2.75) is 58.5 Å². The molecule has 0 aromatic rings. The number of alkyl halides is 1. The predicted molar refractivity (Wildman–Crippen MR) is 82.8 cm³/mol. The zero-order valence-electron chi connectivity index (χ0n) is 12.5. The van der Waals surface area contributed by atoms with Gasteiger partial charge in [0.25, 0.3) is 0 Å². The van der Waals surface area contributed by atoms with E-state index in [0.717, 1.165) is 24.6 Å². The molecule has 5 heteroatoms. The molecule has 0 aliphatic rings.